The normalized spacial score (nSPS) is 33.2. The number of H-pyrrole nitrogens is 1. The Hall–Kier alpha value is -1.44. The molecule has 0 unspecified atom stereocenters. The van der Waals surface area contributed by atoms with E-state index < -0.39 is 28.9 Å². The summed E-state index contributed by atoms with van der Waals surface area (Å²) in [5.41, 5.74) is -1.37. The van der Waals surface area contributed by atoms with E-state index in [0.717, 1.165) is 38.5 Å². The van der Waals surface area contributed by atoms with Crippen molar-refractivity contribution in [2.45, 2.75) is 82.2 Å². The van der Waals surface area contributed by atoms with Gasteiger partial charge in [-0.2, -0.15) is 0 Å². The minimum Gasteiger partial charge on any atom is -0.346 e. The molecule has 0 bridgehead atoms. The highest BCUT2D eigenvalue weighted by Gasteiger charge is 2.64. The predicted molar refractivity (Wildman–Crippen MR) is 85.7 cm³/mol. The van der Waals surface area contributed by atoms with Gasteiger partial charge in [-0.25, -0.2) is 4.79 Å². The van der Waals surface area contributed by atoms with Crippen LogP contribution in [0.1, 0.15) is 58.6 Å². The predicted octanol–water partition coefficient (Wildman–Crippen LogP) is 1.68. The molecule has 0 radical (unpaired) electrons. The van der Waals surface area contributed by atoms with Crippen molar-refractivity contribution in [3.05, 3.63) is 33.1 Å². The van der Waals surface area contributed by atoms with Crippen LogP contribution >= 0.6 is 0 Å². The van der Waals surface area contributed by atoms with Crippen LogP contribution in [-0.4, -0.2) is 33.1 Å². The van der Waals surface area contributed by atoms with E-state index in [1.807, 2.05) is 0 Å². The molecule has 0 amide bonds. The van der Waals surface area contributed by atoms with Crippen LogP contribution in [0.3, 0.4) is 0 Å². The zero-order valence-corrected chi connectivity index (χ0v) is 14.1. The molecule has 0 aromatic carbocycles. The number of aromatic amines is 1. The van der Waals surface area contributed by atoms with Gasteiger partial charge in [-0.1, -0.05) is 13.8 Å². The lowest BCUT2D eigenvalue weighted by atomic mass is 9.90. The zero-order chi connectivity index (χ0) is 16.9. The molecule has 24 heavy (non-hydrogen) atoms. The van der Waals surface area contributed by atoms with Crippen molar-refractivity contribution in [2.24, 2.45) is 0 Å². The molecule has 3 fully saturated rings. The summed E-state index contributed by atoms with van der Waals surface area (Å²) in [7, 11) is 0. The van der Waals surface area contributed by atoms with E-state index in [2.05, 4.69) is 18.8 Å². The molecule has 3 atom stereocenters. The second-order valence-electron chi connectivity index (χ2n) is 7.04. The lowest BCUT2D eigenvalue weighted by molar-refractivity contribution is -0.235. The number of nitrogens with one attached hydrogen (secondary N) is 1. The van der Waals surface area contributed by atoms with E-state index in [4.69, 9.17) is 14.2 Å². The molecule has 2 aliphatic heterocycles. The molecule has 2 saturated heterocycles. The Bertz CT molecular complexity index is 729. The fraction of sp³-hybridized carbons (Fsp3) is 0.765. The first-order chi connectivity index (χ1) is 11.5. The molecule has 1 spiro atoms. The number of rotatable bonds is 3. The average molecular weight is 336 g/mol. The molecular formula is C17H24N2O5. The van der Waals surface area contributed by atoms with Crippen LogP contribution in [0.15, 0.2) is 21.9 Å². The number of nitrogens with zero attached hydrogens (tertiary/aromatic N) is 1. The second-order valence-corrected chi connectivity index (χ2v) is 7.04. The fourth-order valence-corrected chi connectivity index (χ4v) is 4.44. The molecule has 7 nitrogen and oxygen atoms in total. The quantitative estimate of drug-likeness (QED) is 0.908. The lowest BCUT2D eigenvalue weighted by Gasteiger charge is -2.34. The van der Waals surface area contributed by atoms with Crippen LogP contribution in [0.2, 0.25) is 0 Å². The summed E-state index contributed by atoms with van der Waals surface area (Å²) in [4.78, 5) is 25.9. The Morgan fingerprint density at radius 2 is 1.88 bits per heavy atom. The Balaban J connectivity index is 1.75. The number of hydrogen-bond acceptors (Lipinski definition) is 5. The van der Waals surface area contributed by atoms with Crippen molar-refractivity contribution in [1.29, 1.82) is 0 Å². The molecule has 1 N–H and O–H groups in total. The smallest absolute Gasteiger partial charge is 0.330 e. The van der Waals surface area contributed by atoms with E-state index in [-0.39, 0.29) is 12.2 Å². The number of ether oxygens (including phenoxy) is 3. The minimum atomic E-state index is -0.584. The number of aromatic nitrogens is 2. The highest BCUT2D eigenvalue weighted by molar-refractivity contribution is 5.07. The summed E-state index contributed by atoms with van der Waals surface area (Å²) in [6.45, 7) is 4.14. The molecule has 4 rings (SSSR count). The van der Waals surface area contributed by atoms with Crippen LogP contribution in [0.25, 0.3) is 0 Å². The fourth-order valence-electron chi connectivity index (χ4n) is 4.44. The van der Waals surface area contributed by atoms with Crippen LogP contribution < -0.4 is 11.2 Å². The number of fused-ring (bicyclic) bond motifs is 1. The highest BCUT2D eigenvalue weighted by Crippen LogP contribution is 2.54. The Kier molecular flexibility index (Phi) is 3.71. The summed E-state index contributed by atoms with van der Waals surface area (Å²) in [6, 6.07) is 1.33. The highest BCUT2D eigenvalue weighted by atomic mass is 16.8. The van der Waals surface area contributed by atoms with Crippen molar-refractivity contribution in [3.63, 3.8) is 0 Å². The van der Waals surface area contributed by atoms with Gasteiger partial charge in [0.25, 0.3) is 5.56 Å². The summed E-state index contributed by atoms with van der Waals surface area (Å²) < 4.78 is 20.5. The topological polar surface area (TPSA) is 82.6 Å². The maximum Gasteiger partial charge on any atom is 0.330 e. The van der Waals surface area contributed by atoms with Crippen molar-refractivity contribution in [1.82, 2.24) is 9.55 Å². The summed E-state index contributed by atoms with van der Waals surface area (Å²) in [6.07, 6.45) is 5.86. The third-order valence-corrected chi connectivity index (χ3v) is 5.83. The zero-order valence-electron chi connectivity index (χ0n) is 14.1. The molecule has 1 aliphatic carbocycles. The third kappa shape index (κ3) is 2.22. The average Bonchev–Trinajstić information content (AvgIpc) is 3.24. The monoisotopic (exact) mass is 336 g/mol. The van der Waals surface area contributed by atoms with E-state index >= 15 is 0 Å². The maximum absolute atomic E-state index is 12.2. The molecule has 3 heterocycles. The van der Waals surface area contributed by atoms with Crippen molar-refractivity contribution >= 4 is 0 Å². The van der Waals surface area contributed by atoms with Gasteiger partial charge in [0.2, 0.25) is 0 Å². The molecule has 1 aromatic rings. The Morgan fingerprint density at radius 3 is 2.50 bits per heavy atom. The SMILES string of the molecule is CCC1(CC)O[C@@H](n2ccc(=O)[nH]c2=O)[C@@H]2OC3(CCCC3)O[C@@H]21. The standard InChI is InChI=1S/C17H24N2O5/c1-3-16(4-2)13-12(22-17(23-13)8-5-6-9-17)14(24-16)19-10-7-11(20)18-15(19)21/h7,10,12-14H,3-6,8-9H2,1-2H3,(H,18,20,21)/t12-,13+,14-/m1/s1. The van der Waals surface area contributed by atoms with Gasteiger partial charge in [0.05, 0.1) is 5.60 Å². The van der Waals surface area contributed by atoms with Crippen LogP contribution in [0.4, 0.5) is 0 Å². The molecule has 1 aromatic heterocycles. The first kappa shape index (κ1) is 16.1. The van der Waals surface area contributed by atoms with E-state index in [9.17, 15) is 9.59 Å². The van der Waals surface area contributed by atoms with Crippen LogP contribution in [0, 0.1) is 0 Å². The Morgan fingerprint density at radius 1 is 1.17 bits per heavy atom. The molecule has 132 valence electrons. The van der Waals surface area contributed by atoms with Crippen molar-refractivity contribution in [3.8, 4) is 0 Å². The third-order valence-electron chi connectivity index (χ3n) is 5.83. The van der Waals surface area contributed by atoms with Gasteiger partial charge < -0.3 is 14.2 Å². The van der Waals surface area contributed by atoms with Crippen LogP contribution in [-0.2, 0) is 14.2 Å². The van der Waals surface area contributed by atoms with Gasteiger partial charge in [-0.3, -0.25) is 14.3 Å². The lowest BCUT2D eigenvalue weighted by Crippen LogP contribution is -2.42. The molecular weight excluding hydrogens is 312 g/mol. The van der Waals surface area contributed by atoms with Gasteiger partial charge in [0.1, 0.15) is 12.2 Å². The first-order valence-corrected chi connectivity index (χ1v) is 8.87. The van der Waals surface area contributed by atoms with Gasteiger partial charge in [0.15, 0.2) is 12.0 Å². The van der Waals surface area contributed by atoms with Gasteiger partial charge >= 0.3 is 5.69 Å². The number of hydrogen-bond donors (Lipinski definition) is 1. The Labute approximate surface area is 139 Å². The van der Waals surface area contributed by atoms with Gasteiger partial charge in [-0.05, 0) is 25.7 Å². The summed E-state index contributed by atoms with van der Waals surface area (Å²) in [5.74, 6) is -0.529. The van der Waals surface area contributed by atoms with Gasteiger partial charge in [0, 0.05) is 25.1 Å². The largest absolute Gasteiger partial charge is 0.346 e. The molecule has 7 heteroatoms. The van der Waals surface area contributed by atoms with E-state index in [0.29, 0.717) is 0 Å². The second kappa shape index (κ2) is 5.54. The molecule has 3 aliphatic rings. The minimum absolute atomic E-state index is 0.200. The van der Waals surface area contributed by atoms with Crippen molar-refractivity contribution < 1.29 is 14.2 Å². The van der Waals surface area contributed by atoms with E-state index in [1.165, 1.54) is 16.8 Å². The van der Waals surface area contributed by atoms with Crippen LogP contribution in [0.5, 0.6) is 0 Å². The maximum atomic E-state index is 12.2. The van der Waals surface area contributed by atoms with E-state index in [1.54, 1.807) is 0 Å². The summed E-state index contributed by atoms with van der Waals surface area (Å²) in [5, 5.41) is 0. The first-order valence-electron chi connectivity index (χ1n) is 8.87. The summed E-state index contributed by atoms with van der Waals surface area (Å²) >= 11 is 0. The van der Waals surface area contributed by atoms with Crippen molar-refractivity contribution in [2.75, 3.05) is 0 Å². The molecule has 1 saturated carbocycles. The van der Waals surface area contributed by atoms with Gasteiger partial charge in [-0.15, -0.1) is 0 Å².